The molecule has 0 aromatic carbocycles. The van der Waals surface area contributed by atoms with Gasteiger partial charge in [0.25, 0.3) is 0 Å². The minimum absolute atomic E-state index is 0.0640. The van der Waals surface area contributed by atoms with Crippen LogP contribution in [0.1, 0.15) is 52.8 Å². The summed E-state index contributed by atoms with van der Waals surface area (Å²) in [4.78, 5) is 50.3. The number of aromatic nitrogens is 3. The van der Waals surface area contributed by atoms with Gasteiger partial charge < -0.3 is 14.4 Å². The van der Waals surface area contributed by atoms with Gasteiger partial charge in [0, 0.05) is 49.0 Å². The normalized spacial score (nSPS) is 14.4. The van der Waals surface area contributed by atoms with E-state index in [-0.39, 0.29) is 19.0 Å². The Hall–Kier alpha value is -4.43. The molecule has 216 valence electrons. The van der Waals surface area contributed by atoms with E-state index in [0.29, 0.717) is 42.1 Å². The highest BCUT2D eigenvalue weighted by Gasteiger charge is 2.27. The maximum absolute atomic E-state index is 13.1. The van der Waals surface area contributed by atoms with Crippen molar-refractivity contribution in [2.45, 2.75) is 59.3 Å². The van der Waals surface area contributed by atoms with Crippen molar-refractivity contribution in [2.24, 2.45) is 0 Å². The molecular formula is C30H36N6O5. The van der Waals surface area contributed by atoms with Gasteiger partial charge in [-0.2, -0.15) is 0 Å². The Bertz CT molecular complexity index is 1510. The summed E-state index contributed by atoms with van der Waals surface area (Å²) in [5.74, 6) is 6.06. The third kappa shape index (κ3) is 8.05. The summed E-state index contributed by atoms with van der Waals surface area (Å²) < 4.78 is 12.5. The second-order valence-electron chi connectivity index (χ2n) is 11.8. The summed E-state index contributed by atoms with van der Waals surface area (Å²) in [6.45, 7) is 12.7. The third-order valence-corrected chi connectivity index (χ3v) is 5.99. The number of fused-ring (bicyclic) bond motifs is 1. The minimum atomic E-state index is -0.664. The highest BCUT2D eigenvalue weighted by molar-refractivity contribution is 5.91. The average Bonchev–Trinajstić information content (AvgIpc) is 3.22. The second kappa shape index (κ2) is 12.0. The van der Waals surface area contributed by atoms with Gasteiger partial charge in [-0.05, 0) is 59.7 Å². The molecule has 0 saturated carbocycles. The third-order valence-electron chi connectivity index (χ3n) is 5.99. The predicted octanol–water partition coefficient (Wildman–Crippen LogP) is 4.26. The summed E-state index contributed by atoms with van der Waals surface area (Å²) in [7, 11) is 0. The second-order valence-corrected chi connectivity index (χ2v) is 11.8. The van der Waals surface area contributed by atoms with Gasteiger partial charge >= 0.3 is 12.2 Å². The van der Waals surface area contributed by atoms with Gasteiger partial charge in [-0.1, -0.05) is 11.8 Å². The van der Waals surface area contributed by atoms with E-state index < -0.39 is 23.4 Å². The molecule has 0 atom stereocenters. The molecule has 0 unspecified atom stereocenters. The summed E-state index contributed by atoms with van der Waals surface area (Å²) in [6.07, 6.45) is 5.38. The van der Waals surface area contributed by atoms with Crippen LogP contribution in [0.5, 0.6) is 0 Å². The van der Waals surface area contributed by atoms with Crippen LogP contribution in [-0.4, -0.2) is 79.8 Å². The summed E-state index contributed by atoms with van der Waals surface area (Å²) in [5, 5.41) is 3.51. The number of amides is 2. The number of anilines is 1. The van der Waals surface area contributed by atoms with Crippen molar-refractivity contribution in [3.8, 4) is 11.8 Å². The standard InChI is InChI=1S/C30H36N6O5/c1-29(2,3)40-27(38)33-24-9-11-31-17-21(24)8-7-13-34-14-15-35(26(37)20-34)19-23-16-22-18-32-12-10-25(22)36(23)28(39)41-30(4,5)6/h9-12,16-18H,13-15,19-20H2,1-6H3,(H,31,33,38). The molecule has 1 saturated heterocycles. The van der Waals surface area contributed by atoms with Gasteiger partial charge in [0.1, 0.15) is 11.2 Å². The first-order valence-electron chi connectivity index (χ1n) is 13.4. The molecule has 0 spiro atoms. The highest BCUT2D eigenvalue weighted by Crippen LogP contribution is 2.23. The van der Waals surface area contributed by atoms with E-state index in [2.05, 4.69) is 27.1 Å². The molecule has 11 nitrogen and oxygen atoms in total. The molecule has 0 aliphatic carbocycles. The van der Waals surface area contributed by atoms with Crippen molar-refractivity contribution in [3.05, 3.63) is 54.2 Å². The molecule has 2 amide bonds. The van der Waals surface area contributed by atoms with Crippen LogP contribution >= 0.6 is 0 Å². The number of carbonyl (C=O) groups excluding carboxylic acids is 3. The molecule has 41 heavy (non-hydrogen) atoms. The largest absolute Gasteiger partial charge is 0.444 e. The Balaban J connectivity index is 1.40. The van der Waals surface area contributed by atoms with Crippen molar-refractivity contribution < 1.29 is 23.9 Å². The quantitative estimate of drug-likeness (QED) is 0.471. The lowest BCUT2D eigenvalue weighted by atomic mass is 10.2. The zero-order chi connectivity index (χ0) is 29.8. The van der Waals surface area contributed by atoms with E-state index in [1.807, 2.05) is 31.7 Å². The molecule has 1 N–H and O–H groups in total. The van der Waals surface area contributed by atoms with Gasteiger partial charge in [0.15, 0.2) is 0 Å². The lowest BCUT2D eigenvalue weighted by molar-refractivity contribution is -0.136. The Morgan fingerprint density at radius 1 is 1.00 bits per heavy atom. The molecule has 0 radical (unpaired) electrons. The van der Waals surface area contributed by atoms with E-state index in [9.17, 15) is 14.4 Å². The Morgan fingerprint density at radius 2 is 1.71 bits per heavy atom. The number of hydrogen-bond donors (Lipinski definition) is 1. The average molecular weight is 561 g/mol. The van der Waals surface area contributed by atoms with Gasteiger partial charge in [-0.25, -0.2) is 14.2 Å². The van der Waals surface area contributed by atoms with Crippen molar-refractivity contribution in [3.63, 3.8) is 0 Å². The number of nitrogens with one attached hydrogen (secondary N) is 1. The fourth-order valence-corrected chi connectivity index (χ4v) is 4.27. The Kier molecular flexibility index (Phi) is 8.63. The first-order chi connectivity index (χ1) is 19.3. The molecule has 3 aromatic rings. The Labute approximate surface area is 239 Å². The van der Waals surface area contributed by atoms with E-state index >= 15 is 0 Å². The van der Waals surface area contributed by atoms with E-state index in [0.717, 1.165) is 5.39 Å². The molecule has 3 aromatic heterocycles. The van der Waals surface area contributed by atoms with Crippen molar-refractivity contribution in [2.75, 3.05) is 31.5 Å². The molecule has 4 rings (SSSR count). The van der Waals surface area contributed by atoms with Crippen molar-refractivity contribution >= 4 is 34.7 Å². The van der Waals surface area contributed by atoms with Crippen LogP contribution in [-0.2, 0) is 20.8 Å². The van der Waals surface area contributed by atoms with Crippen LogP contribution in [0, 0.1) is 11.8 Å². The van der Waals surface area contributed by atoms with E-state index in [1.165, 1.54) is 4.57 Å². The number of piperazine rings is 1. The predicted molar refractivity (Wildman–Crippen MR) is 154 cm³/mol. The van der Waals surface area contributed by atoms with Gasteiger partial charge in [-0.15, -0.1) is 0 Å². The molecule has 1 aliphatic rings. The molecular weight excluding hydrogens is 524 g/mol. The Morgan fingerprint density at radius 3 is 2.41 bits per heavy atom. The molecule has 1 fully saturated rings. The zero-order valence-electron chi connectivity index (χ0n) is 24.4. The molecule has 1 aliphatic heterocycles. The highest BCUT2D eigenvalue weighted by atomic mass is 16.6. The van der Waals surface area contributed by atoms with E-state index in [4.69, 9.17) is 9.47 Å². The lowest BCUT2D eigenvalue weighted by Gasteiger charge is -2.33. The lowest BCUT2D eigenvalue weighted by Crippen LogP contribution is -2.50. The number of hydrogen-bond acceptors (Lipinski definition) is 8. The van der Waals surface area contributed by atoms with Gasteiger partial charge in [0.2, 0.25) is 5.91 Å². The maximum Gasteiger partial charge on any atom is 0.419 e. The van der Waals surface area contributed by atoms with Crippen LogP contribution in [0.15, 0.2) is 43.0 Å². The number of rotatable bonds is 4. The zero-order valence-corrected chi connectivity index (χ0v) is 24.4. The van der Waals surface area contributed by atoms with Crippen LogP contribution in [0.4, 0.5) is 15.3 Å². The summed E-state index contributed by atoms with van der Waals surface area (Å²) in [6, 6.07) is 5.29. The fraction of sp³-hybridized carbons (Fsp3) is 0.433. The van der Waals surface area contributed by atoms with Crippen LogP contribution in [0.3, 0.4) is 0 Å². The molecule has 4 heterocycles. The monoisotopic (exact) mass is 560 g/mol. The van der Waals surface area contributed by atoms with Gasteiger partial charge in [0.05, 0.1) is 36.4 Å². The van der Waals surface area contributed by atoms with E-state index in [1.54, 1.807) is 62.6 Å². The number of nitrogens with zero attached hydrogens (tertiary/aromatic N) is 5. The molecule has 11 heteroatoms. The van der Waals surface area contributed by atoms with Crippen molar-refractivity contribution in [1.29, 1.82) is 0 Å². The SMILES string of the molecule is CC(C)(C)OC(=O)Nc1ccncc1C#CCN1CCN(Cc2cc3cnccc3n2C(=O)OC(C)(C)C)C(=O)C1. The van der Waals surface area contributed by atoms with Gasteiger partial charge in [-0.3, -0.25) is 25.0 Å². The van der Waals surface area contributed by atoms with Crippen molar-refractivity contribution in [1.82, 2.24) is 24.3 Å². The van der Waals surface area contributed by atoms with Crippen LogP contribution < -0.4 is 5.32 Å². The fourth-order valence-electron chi connectivity index (χ4n) is 4.27. The molecule has 0 bridgehead atoms. The van der Waals surface area contributed by atoms with Crippen LogP contribution in [0.2, 0.25) is 0 Å². The van der Waals surface area contributed by atoms with Crippen LogP contribution in [0.25, 0.3) is 10.9 Å². The number of ether oxygens (including phenoxy) is 2. The maximum atomic E-state index is 13.1. The first kappa shape index (κ1) is 29.6. The smallest absolute Gasteiger partial charge is 0.419 e. The first-order valence-corrected chi connectivity index (χ1v) is 13.4. The minimum Gasteiger partial charge on any atom is -0.444 e. The summed E-state index contributed by atoms with van der Waals surface area (Å²) >= 11 is 0. The number of carbonyl (C=O) groups is 3. The number of pyridine rings is 2. The summed E-state index contributed by atoms with van der Waals surface area (Å²) in [5.41, 5.74) is 1.10. The topological polar surface area (TPSA) is 119 Å².